The average molecular weight is 404 g/mol. The quantitative estimate of drug-likeness (QED) is 0.688. The molecule has 6 heteroatoms. The number of aromatic nitrogens is 2. The van der Waals surface area contributed by atoms with Gasteiger partial charge in [-0.3, -0.25) is 9.69 Å². The van der Waals surface area contributed by atoms with Crippen molar-refractivity contribution in [2.24, 2.45) is 0 Å². The second kappa shape index (κ2) is 9.24. The summed E-state index contributed by atoms with van der Waals surface area (Å²) in [4.78, 5) is 17.4. The SMILES string of the molecule is Cc1cnn(-c2ccc(C(=O)NCc3cccc(CN4CCN(C)CC4)c3)cc2)c1. The van der Waals surface area contributed by atoms with Crippen molar-refractivity contribution in [3.05, 3.63) is 83.2 Å². The second-order valence-corrected chi connectivity index (χ2v) is 8.09. The van der Waals surface area contributed by atoms with Crippen molar-refractivity contribution in [3.8, 4) is 5.69 Å². The predicted octanol–water partition coefficient (Wildman–Crippen LogP) is 2.86. The Kier molecular flexibility index (Phi) is 6.26. The number of likely N-dealkylation sites (N-methyl/N-ethyl adjacent to an activating group) is 1. The van der Waals surface area contributed by atoms with Crippen molar-refractivity contribution in [1.29, 1.82) is 0 Å². The first-order chi connectivity index (χ1) is 14.6. The molecule has 1 aromatic heterocycles. The first kappa shape index (κ1) is 20.3. The zero-order valence-electron chi connectivity index (χ0n) is 17.7. The molecule has 4 rings (SSSR count). The summed E-state index contributed by atoms with van der Waals surface area (Å²) in [5.74, 6) is -0.0670. The van der Waals surface area contributed by atoms with Crippen molar-refractivity contribution in [3.63, 3.8) is 0 Å². The fraction of sp³-hybridized carbons (Fsp3) is 0.333. The van der Waals surface area contributed by atoms with Crippen LogP contribution in [0.2, 0.25) is 0 Å². The number of rotatable bonds is 6. The van der Waals surface area contributed by atoms with Gasteiger partial charge in [0, 0.05) is 51.0 Å². The summed E-state index contributed by atoms with van der Waals surface area (Å²) in [5, 5.41) is 7.33. The molecule has 2 aromatic carbocycles. The molecule has 1 saturated heterocycles. The number of hydrogen-bond acceptors (Lipinski definition) is 4. The monoisotopic (exact) mass is 403 g/mol. The fourth-order valence-electron chi connectivity index (χ4n) is 3.71. The molecule has 1 aliphatic heterocycles. The number of nitrogens with one attached hydrogen (secondary N) is 1. The highest BCUT2D eigenvalue weighted by Crippen LogP contribution is 2.12. The van der Waals surface area contributed by atoms with Crippen LogP contribution in [-0.2, 0) is 13.1 Å². The molecule has 0 aliphatic carbocycles. The lowest BCUT2D eigenvalue weighted by Crippen LogP contribution is -2.43. The van der Waals surface area contributed by atoms with Gasteiger partial charge in [0.25, 0.3) is 5.91 Å². The van der Waals surface area contributed by atoms with E-state index in [0.717, 1.165) is 49.5 Å². The maximum Gasteiger partial charge on any atom is 0.251 e. The highest BCUT2D eigenvalue weighted by molar-refractivity contribution is 5.94. The van der Waals surface area contributed by atoms with E-state index < -0.39 is 0 Å². The number of piperazine rings is 1. The van der Waals surface area contributed by atoms with Gasteiger partial charge in [0.2, 0.25) is 0 Å². The van der Waals surface area contributed by atoms with Gasteiger partial charge in [-0.1, -0.05) is 24.3 Å². The number of carbonyl (C=O) groups excluding carboxylic acids is 1. The van der Waals surface area contributed by atoms with Crippen LogP contribution in [0.1, 0.15) is 27.0 Å². The largest absolute Gasteiger partial charge is 0.348 e. The van der Waals surface area contributed by atoms with E-state index in [1.54, 1.807) is 0 Å². The number of carbonyl (C=O) groups is 1. The molecule has 1 N–H and O–H groups in total. The Morgan fingerprint density at radius 1 is 1.03 bits per heavy atom. The van der Waals surface area contributed by atoms with Crippen molar-refractivity contribution < 1.29 is 4.79 Å². The van der Waals surface area contributed by atoms with E-state index in [1.807, 2.05) is 48.3 Å². The average Bonchev–Trinajstić information content (AvgIpc) is 3.20. The molecular formula is C24H29N5O. The molecule has 156 valence electrons. The molecule has 0 radical (unpaired) electrons. The summed E-state index contributed by atoms with van der Waals surface area (Å²) in [7, 11) is 2.17. The first-order valence-corrected chi connectivity index (χ1v) is 10.5. The lowest BCUT2D eigenvalue weighted by atomic mass is 10.1. The molecule has 1 amide bonds. The smallest absolute Gasteiger partial charge is 0.251 e. The van der Waals surface area contributed by atoms with Crippen LogP contribution < -0.4 is 5.32 Å². The van der Waals surface area contributed by atoms with Crippen LogP contribution in [0, 0.1) is 6.92 Å². The van der Waals surface area contributed by atoms with Crippen LogP contribution in [0.25, 0.3) is 5.69 Å². The van der Waals surface area contributed by atoms with E-state index in [0.29, 0.717) is 12.1 Å². The van der Waals surface area contributed by atoms with Crippen LogP contribution in [0.4, 0.5) is 0 Å². The molecule has 0 saturated carbocycles. The van der Waals surface area contributed by atoms with Crippen LogP contribution in [0.3, 0.4) is 0 Å². The molecule has 1 fully saturated rings. The zero-order chi connectivity index (χ0) is 20.9. The van der Waals surface area contributed by atoms with Gasteiger partial charge in [-0.15, -0.1) is 0 Å². The van der Waals surface area contributed by atoms with Gasteiger partial charge in [-0.2, -0.15) is 5.10 Å². The van der Waals surface area contributed by atoms with Gasteiger partial charge in [0.15, 0.2) is 0 Å². The highest BCUT2D eigenvalue weighted by Gasteiger charge is 2.14. The number of nitrogens with zero attached hydrogens (tertiary/aromatic N) is 4. The lowest BCUT2D eigenvalue weighted by Gasteiger charge is -2.32. The van der Waals surface area contributed by atoms with Crippen molar-refractivity contribution in [2.75, 3.05) is 33.2 Å². The summed E-state index contributed by atoms with van der Waals surface area (Å²) in [6.07, 6.45) is 3.78. The zero-order valence-corrected chi connectivity index (χ0v) is 17.7. The fourth-order valence-corrected chi connectivity index (χ4v) is 3.71. The molecule has 1 aliphatic rings. The Morgan fingerprint density at radius 2 is 1.77 bits per heavy atom. The van der Waals surface area contributed by atoms with Crippen LogP contribution >= 0.6 is 0 Å². The third-order valence-corrected chi connectivity index (χ3v) is 5.55. The molecule has 3 aromatic rings. The van der Waals surface area contributed by atoms with E-state index in [2.05, 4.69) is 51.5 Å². The van der Waals surface area contributed by atoms with Crippen LogP contribution in [0.5, 0.6) is 0 Å². The summed E-state index contributed by atoms with van der Waals surface area (Å²) >= 11 is 0. The molecular weight excluding hydrogens is 374 g/mol. The van der Waals surface area contributed by atoms with E-state index in [9.17, 15) is 4.79 Å². The first-order valence-electron chi connectivity index (χ1n) is 10.5. The molecule has 30 heavy (non-hydrogen) atoms. The number of aryl methyl sites for hydroxylation is 1. The topological polar surface area (TPSA) is 53.4 Å². The number of amides is 1. The minimum Gasteiger partial charge on any atom is -0.348 e. The second-order valence-electron chi connectivity index (χ2n) is 8.09. The van der Waals surface area contributed by atoms with Gasteiger partial charge in [0.05, 0.1) is 11.9 Å². The third kappa shape index (κ3) is 5.14. The summed E-state index contributed by atoms with van der Waals surface area (Å²) < 4.78 is 1.81. The van der Waals surface area contributed by atoms with Crippen molar-refractivity contribution >= 4 is 5.91 Å². The Hall–Kier alpha value is -2.96. The normalized spacial score (nSPS) is 15.3. The van der Waals surface area contributed by atoms with Crippen LogP contribution in [0.15, 0.2) is 60.9 Å². The standard InChI is InChI=1S/C24H29N5O/c1-19-15-26-29(17-19)23-8-6-22(7-9-23)24(30)25-16-20-4-3-5-21(14-20)18-28-12-10-27(2)11-13-28/h3-9,14-15,17H,10-13,16,18H2,1-2H3,(H,25,30). The summed E-state index contributed by atoms with van der Waals surface area (Å²) in [6, 6.07) is 16.0. The Balaban J connectivity index is 1.32. The molecule has 0 spiro atoms. The maximum atomic E-state index is 12.6. The minimum atomic E-state index is -0.0670. The highest BCUT2D eigenvalue weighted by atomic mass is 16.1. The predicted molar refractivity (Wildman–Crippen MR) is 119 cm³/mol. The Bertz CT molecular complexity index is 987. The van der Waals surface area contributed by atoms with Crippen molar-refractivity contribution in [2.45, 2.75) is 20.0 Å². The van der Waals surface area contributed by atoms with Gasteiger partial charge >= 0.3 is 0 Å². The van der Waals surface area contributed by atoms with E-state index in [4.69, 9.17) is 0 Å². The number of hydrogen-bond donors (Lipinski definition) is 1. The molecule has 6 nitrogen and oxygen atoms in total. The third-order valence-electron chi connectivity index (χ3n) is 5.55. The molecule has 0 atom stereocenters. The van der Waals surface area contributed by atoms with E-state index in [1.165, 1.54) is 5.56 Å². The Labute approximate surface area is 178 Å². The molecule has 0 bridgehead atoms. The van der Waals surface area contributed by atoms with Gasteiger partial charge in [-0.05, 0) is 54.9 Å². The van der Waals surface area contributed by atoms with Gasteiger partial charge in [0.1, 0.15) is 0 Å². The van der Waals surface area contributed by atoms with E-state index in [-0.39, 0.29) is 5.91 Å². The Morgan fingerprint density at radius 3 is 2.47 bits per heavy atom. The molecule has 0 unspecified atom stereocenters. The van der Waals surface area contributed by atoms with E-state index >= 15 is 0 Å². The lowest BCUT2D eigenvalue weighted by molar-refractivity contribution is 0.0951. The maximum absolute atomic E-state index is 12.6. The van der Waals surface area contributed by atoms with Crippen LogP contribution in [-0.4, -0.2) is 58.7 Å². The van der Waals surface area contributed by atoms with Gasteiger partial charge in [-0.25, -0.2) is 4.68 Å². The minimum absolute atomic E-state index is 0.0670. The molecule has 2 heterocycles. The van der Waals surface area contributed by atoms with Crippen molar-refractivity contribution in [1.82, 2.24) is 24.9 Å². The number of benzene rings is 2. The summed E-state index contributed by atoms with van der Waals surface area (Å²) in [5.41, 5.74) is 5.11. The summed E-state index contributed by atoms with van der Waals surface area (Å²) in [6.45, 7) is 7.94. The van der Waals surface area contributed by atoms with Gasteiger partial charge < -0.3 is 10.2 Å².